The van der Waals surface area contributed by atoms with Crippen molar-refractivity contribution in [1.29, 1.82) is 0 Å². The highest BCUT2D eigenvalue weighted by molar-refractivity contribution is 6.00. The average molecular weight is 356 g/mol. The summed E-state index contributed by atoms with van der Waals surface area (Å²) in [4.78, 5) is 27.0. The molecule has 138 valence electrons. The lowest BCUT2D eigenvalue weighted by Gasteiger charge is -2.18. The zero-order chi connectivity index (χ0) is 19.3. The van der Waals surface area contributed by atoms with Crippen LogP contribution >= 0.6 is 0 Å². The number of rotatable bonds is 7. The van der Waals surface area contributed by atoms with Crippen molar-refractivity contribution >= 4 is 17.3 Å². The van der Waals surface area contributed by atoms with E-state index < -0.39 is 4.92 Å². The van der Waals surface area contributed by atoms with E-state index in [1.807, 2.05) is 38.4 Å². The van der Waals surface area contributed by atoms with Crippen molar-refractivity contribution in [2.24, 2.45) is 0 Å². The van der Waals surface area contributed by atoms with Gasteiger partial charge >= 0.3 is 0 Å². The zero-order valence-electron chi connectivity index (χ0n) is 15.5. The summed E-state index contributed by atoms with van der Waals surface area (Å²) in [6.07, 6.45) is 0. The predicted octanol–water partition coefficient (Wildman–Crippen LogP) is 2.65. The van der Waals surface area contributed by atoms with Gasteiger partial charge in [-0.1, -0.05) is 24.3 Å². The second kappa shape index (κ2) is 8.44. The molecule has 0 spiro atoms. The summed E-state index contributed by atoms with van der Waals surface area (Å²) < 4.78 is 0. The van der Waals surface area contributed by atoms with Crippen molar-refractivity contribution in [2.75, 3.05) is 33.1 Å². The van der Waals surface area contributed by atoms with E-state index in [2.05, 4.69) is 10.2 Å². The highest BCUT2D eigenvalue weighted by Gasteiger charge is 2.18. The van der Waals surface area contributed by atoms with Crippen molar-refractivity contribution < 1.29 is 9.72 Å². The average Bonchev–Trinajstić information content (AvgIpc) is 2.59. The molecule has 0 atom stereocenters. The van der Waals surface area contributed by atoms with E-state index in [4.69, 9.17) is 0 Å². The van der Waals surface area contributed by atoms with Gasteiger partial charge in [-0.05, 0) is 31.3 Å². The molecule has 0 aliphatic heterocycles. The molecule has 7 nitrogen and oxygen atoms in total. The lowest BCUT2D eigenvalue weighted by Crippen LogP contribution is -2.26. The fraction of sp³-hybridized carbons (Fsp3) is 0.316. The number of benzene rings is 2. The minimum Gasteiger partial charge on any atom is -0.377 e. The summed E-state index contributed by atoms with van der Waals surface area (Å²) in [6, 6.07) is 12.2. The second-order valence-corrected chi connectivity index (χ2v) is 6.54. The standard InChI is InChI=1S/C19H24N4O3/c1-21(2)13-15-8-6-5-7-14(15)12-20-19(24)17-11-16(23(25)26)9-10-18(17)22(3)4/h5-11H,12-13H2,1-4H3,(H,20,24). The van der Waals surface area contributed by atoms with E-state index in [0.29, 0.717) is 12.2 Å². The normalized spacial score (nSPS) is 10.7. The molecule has 2 aromatic rings. The third-order valence-electron chi connectivity index (χ3n) is 3.96. The maximum Gasteiger partial charge on any atom is 0.270 e. The van der Waals surface area contributed by atoms with Crippen LogP contribution in [0, 0.1) is 10.1 Å². The van der Waals surface area contributed by atoms with Crippen LogP contribution in [0.3, 0.4) is 0 Å². The molecule has 0 aromatic heterocycles. The first-order valence-corrected chi connectivity index (χ1v) is 8.25. The zero-order valence-corrected chi connectivity index (χ0v) is 15.5. The summed E-state index contributed by atoms with van der Waals surface area (Å²) >= 11 is 0. The molecule has 26 heavy (non-hydrogen) atoms. The molecule has 0 radical (unpaired) electrons. The Morgan fingerprint density at radius 1 is 1.08 bits per heavy atom. The smallest absolute Gasteiger partial charge is 0.270 e. The molecular weight excluding hydrogens is 332 g/mol. The number of nitrogens with one attached hydrogen (secondary N) is 1. The Hall–Kier alpha value is -2.93. The van der Waals surface area contributed by atoms with Crippen molar-refractivity contribution in [2.45, 2.75) is 13.1 Å². The highest BCUT2D eigenvalue weighted by Crippen LogP contribution is 2.24. The Balaban J connectivity index is 2.23. The molecule has 0 saturated carbocycles. The van der Waals surface area contributed by atoms with E-state index in [1.54, 1.807) is 25.1 Å². The number of non-ortho nitro benzene ring substituents is 1. The minimum absolute atomic E-state index is 0.103. The Morgan fingerprint density at radius 2 is 1.73 bits per heavy atom. The van der Waals surface area contributed by atoms with E-state index in [0.717, 1.165) is 17.7 Å². The van der Waals surface area contributed by atoms with Crippen LogP contribution in [0.25, 0.3) is 0 Å². The van der Waals surface area contributed by atoms with Gasteiger partial charge in [-0.15, -0.1) is 0 Å². The van der Waals surface area contributed by atoms with Crippen molar-refractivity contribution in [3.63, 3.8) is 0 Å². The first-order chi connectivity index (χ1) is 12.3. The third kappa shape index (κ3) is 4.80. The number of nitrogens with zero attached hydrogens (tertiary/aromatic N) is 3. The van der Waals surface area contributed by atoms with Crippen LogP contribution in [-0.4, -0.2) is 43.9 Å². The first kappa shape index (κ1) is 19.4. The molecule has 1 N–H and O–H groups in total. The molecule has 0 bridgehead atoms. The van der Waals surface area contributed by atoms with E-state index in [1.165, 1.54) is 12.1 Å². The molecule has 2 rings (SSSR count). The number of amides is 1. The van der Waals surface area contributed by atoms with Crippen LogP contribution in [0.2, 0.25) is 0 Å². The van der Waals surface area contributed by atoms with Gasteiger partial charge in [-0.25, -0.2) is 0 Å². The number of hydrogen-bond donors (Lipinski definition) is 1. The van der Waals surface area contributed by atoms with Crippen LogP contribution in [0.1, 0.15) is 21.5 Å². The van der Waals surface area contributed by atoms with Gasteiger partial charge in [-0.2, -0.15) is 0 Å². The van der Waals surface area contributed by atoms with Crippen molar-refractivity contribution in [3.05, 3.63) is 69.3 Å². The molecule has 0 unspecified atom stereocenters. The van der Waals surface area contributed by atoms with Crippen molar-refractivity contribution in [3.8, 4) is 0 Å². The Labute approximate surface area is 153 Å². The molecule has 0 fully saturated rings. The highest BCUT2D eigenvalue weighted by atomic mass is 16.6. The van der Waals surface area contributed by atoms with Gasteiger partial charge in [0.2, 0.25) is 0 Å². The summed E-state index contributed by atoms with van der Waals surface area (Å²) in [5.41, 5.74) is 2.97. The molecular formula is C19H24N4O3. The monoisotopic (exact) mass is 356 g/mol. The second-order valence-electron chi connectivity index (χ2n) is 6.54. The Bertz CT molecular complexity index is 803. The predicted molar refractivity (Wildman–Crippen MR) is 102 cm³/mol. The van der Waals surface area contributed by atoms with Crippen LogP contribution in [0.15, 0.2) is 42.5 Å². The molecule has 2 aromatic carbocycles. The van der Waals surface area contributed by atoms with Crippen LogP contribution in [0.4, 0.5) is 11.4 Å². The quantitative estimate of drug-likeness (QED) is 0.609. The maximum absolute atomic E-state index is 12.7. The summed E-state index contributed by atoms with van der Waals surface area (Å²) in [7, 11) is 7.57. The SMILES string of the molecule is CN(C)Cc1ccccc1CNC(=O)c1cc([N+](=O)[O-])ccc1N(C)C. The van der Waals surface area contributed by atoms with E-state index >= 15 is 0 Å². The fourth-order valence-corrected chi connectivity index (χ4v) is 2.71. The van der Waals surface area contributed by atoms with Gasteiger partial charge in [0.25, 0.3) is 11.6 Å². The number of carbonyl (C=O) groups is 1. The van der Waals surface area contributed by atoms with E-state index in [-0.39, 0.29) is 17.2 Å². The molecule has 0 saturated heterocycles. The number of nitro groups is 1. The number of carbonyl (C=O) groups excluding carboxylic acids is 1. The van der Waals surface area contributed by atoms with Gasteiger partial charge < -0.3 is 15.1 Å². The molecule has 0 aliphatic carbocycles. The van der Waals surface area contributed by atoms with Crippen molar-refractivity contribution in [1.82, 2.24) is 10.2 Å². The molecule has 7 heteroatoms. The topological polar surface area (TPSA) is 78.7 Å². The van der Waals surface area contributed by atoms with Gasteiger partial charge in [0.05, 0.1) is 10.5 Å². The number of anilines is 1. The number of nitro benzene ring substituents is 1. The van der Waals surface area contributed by atoms with Gasteiger partial charge in [0, 0.05) is 45.0 Å². The van der Waals surface area contributed by atoms with Crippen LogP contribution < -0.4 is 10.2 Å². The fourth-order valence-electron chi connectivity index (χ4n) is 2.71. The third-order valence-corrected chi connectivity index (χ3v) is 3.96. The summed E-state index contributed by atoms with van der Waals surface area (Å²) in [5.74, 6) is -0.336. The summed E-state index contributed by atoms with van der Waals surface area (Å²) in [6.45, 7) is 1.13. The Morgan fingerprint density at radius 3 is 2.31 bits per heavy atom. The molecule has 0 aliphatic rings. The maximum atomic E-state index is 12.7. The lowest BCUT2D eigenvalue weighted by molar-refractivity contribution is -0.384. The first-order valence-electron chi connectivity index (χ1n) is 8.25. The number of hydrogen-bond acceptors (Lipinski definition) is 5. The largest absolute Gasteiger partial charge is 0.377 e. The minimum atomic E-state index is -0.497. The van der Waals surface area contributed by atoms with Gasteiger partial charge in [-0.3, -0.25) is 14.9 Å². The van der Waals surface area contributed by atoms with E-state index in [9.17, 15) is 14.9 Å². The van der Waals surface area contributed by atoms with Crippen LogP contribution in [-0.2, 0) is 13.1 Å². The Kier molecular flexibility index (Phi) is 6.30. The molecule has 0 heterocycles. The lowest BCUT2D eigenvalue weighted by atomic mass is 10.1. The van der Waals surface area contributed by atoms with Gasteiger partial charge in [0.1, 0.15) is 0 Å². The van der Waals surface area contributed by atoms with Crippen LogP contribution in [0.5, 0.6) is 0 Å². The summed E-state index contributed by atoms with van der Waals surface area (Å²) in [5, 5.41) is 13.9. The van der Waals surface area contributed by atoms with Gasteiger partial charge in [0.15, 0.2) is 0 Å². The molecule has 1 amide bonds.